The SMILES string of the molecule is CC(=O)/C=C(/C)O.[Ti]. The van der Waals surface area contributed by atoms with Crippen LogP contribution in [0.1, 0.15) is 13.8 Å². The maximum Gasteiger partial charge on any atom is 0.155 e. The molecule has 0 aromatic rings. The van der Waals surface area contributed by atoms with E-state index < -0.39 is 0 Å². The molecule has 0 aliphatic carbocycles. The van der Waals surface area contributed by atoms with Crippen LogP contribution in [-0.4, -0.2) is 10.9 Å². The number of aliphatic hydroxyl groups is 1. The van der Waals surface area contributed by atoms with Crippen LogP contribution >= 0.6 is 0 Å². The summed E-state index contributed by atoms with van der Waals surface area (Å²) in [5.41, 5.74) is 0. The van der Waals surface area contributed by atoms with Crippen molar-refractivity contribution in [2.75, 3.05) is 0 Å². The zero-order valence-corrected chi connectivity index (χ0v) is 6.49. The van der Waals surface area contributed by atoms with Crippen molar-refractivity contribution in [3.8, 4) is 0 Å². The number of aliphatic hydroxyl groups excluding tert-OH is 1. The summed E-state index contributed by atoms with van der Waals surface area (Å²) in [6.07, 6.45) is 1.17. The van der Waals surface area contributed by atoms with E-state index in [9.17, 15) is 4.79 Å². The first-order valence-electron chi connectivity index (χ1n) is 2.01. The van der Waals surface area contributed by atoms with Gasteiger partial charge in [0.25, 0.3) is 0 Å². The summed E-state index contributed by atoms with van der Waals surface area (Å²) in [5.74, 6) is -0.0625. The van der Waals surface area contributed by atoms with Gasteiger partial charge in [-0.05, 0) is 13.8 Å². The van der Waals surface area contributed by atoms with Crippen molar-refractivity contribution in [2.24, 2.45) is 0 Å². The van der Waals surface area contributed by atoms with Gasteiger partial charge in [-0.15, -0.1) is 0 Å². The van der Waals surface area contributed by atoms with E-state index in [4.69, 9.17) is 5.11 Å². The maximum absolute atomic E-state index is 10.0. The summed E-state index contributed by atoms with van der Waals surface area (Å²) in [6, 6.07) is 0. The van der Waals surface area contributed by atoms with Gasteiger partial charge in [0.05, 0.1) is 5.76 Å². The molecule has 0 heterocycles. The van der Waals surface area contributed by atoms with Gasteiger partial charge in [0.1, 0.15) is 0 Å². The van der Waals surface area contributed by atoms with Gasteiger partial charge < -0.3 is 5.11 Å². The minimum absolute atomic E-state index is 0. The molecule has 44 valence electrons. The Balaban J connectivity index is 0. The average molecular weight is 148 g/mol. The Morgan fingerprint density at radius 1 is 1.50 bits per heavy atom. The van der Waals surface area contributed by atoms with Crippen LogP contribution in [0.2, 0.25) is 0 Å². The summed E-state index contributed by atoms with van der Waals surface area (Å²) in [6.45, 7) is 2.85. The Hall–Kier alpha value is -0.0757. The second-order valence-electron chi connectivity index (χ2n) is 1.40. The van der Waals surface area contributed by atoms with Crippen molar-refractivity contribution >= 4 is 5.78 Å². The molecule has 8 heavy (non-hydrogen) atoms. The molecule has 0 saturated carbocycles. The van der Waals surface area contributed by atoms with Crippen LogP contribution in [0.25, 0.3) is 0 Å². The molecule has 3 heteroatoms. The standard InChI is InChI=1S/C5H8O2.Ti/c1-4(6)3-5(2)7;/h3,6H,1-2H3;/b4-3-;. The van der Waals surface area contributed by atoms with Crippen LogP contribution in [0.5, 0.6) is 0 Å². The molecule has 1 N–H and O–H groups in total. The maximum atomic E-state index is 10.0. The van der Waals surface area contributed by atoms with E-state index in [-0.39, 0.29) is 33.3 Å². The summed E-state index contributed by atoms with van der Waals surface area (Å²) >= 11 is 0. The minimum atomic E-state index is -0.125. The molecule has 0 amide bonds. The molecule has 0 unspecified atom stereocenters. The number of ketones is 1. The van der Waals surface area contributed by atoms with E-state index in [1.807, 2.05) is 0 Å². The van der Waals surface area contributed by atoms with Crippen LogP contribution in [0.15, 0.2) is 11.8 Å². The van der Waals surface area contributed by atoms with E-state index in [1.165, 1.54) is 19.9 Å². The number of allylic oxidation sites excluding steroid dienone is 2. The fraction of sp³-hybridized carbons (Fsp3) is 0.400. The van der Waals surface area contributed by atoms with Crippen LogP contribution in [-0.2, 0) is 26.5 Å². The largest absolute Gasteiger partial charge is 0.512 e. The summed E-state index contributed by atoms with van der Waals surface area (Å²) < 4.78 is 0. The molecule has 0 aliphatic heterocycles. The molecule has 0 aromatic heterocycles. The molecule has 0 aliphatic rings. The molecule has 2 nitrogen and oxygen atoms in total. The number of hydrogen-bond acceptors (Lipinski definition) is 2. The van der Waals surface area contributed by atoms with E-state index in [0.717, 1.165) is 0 Å². The Labute approximate surface area is 63.5 Å². The Morgan fingerprint density at radius 3 is 1.88 bits per heavy atom. The van der Waals surface area contributed by atoms with Gasteiger partial charge in [0.15, 0.2) is 5.78 Å². The van der Waals surface area contributed by atoms with Crippen molar-refractivity contribution in [3.05, 3.63) is 11.8 Å². The van der Waals surface area contributed by atoms with Crippen molar-refractivity contribution in [1.29, 1.82) is 0 Å². The molecular formula is C5H8O2Ti. The van der Waals surface area contributed by atoms with Gasteiger partial charge in [-0.1, -0.05) is 0 Å². The molecule has 0 spiro atoms. The van der Waals surface area contributed by atoms with Gasteiger partial charge in [-0.2, -0.15) is 0 Å². The summed E-state index contributed by atoms with van der Waals surface area (Å²) in [7, 11) is 0. The number of carbonyl (C=O) groups is 1. The van der Waals surface area contributed by atoms with Crippen molar-refractivity contribution in [2.45, 2.75) is 13.8 Å². The molecule has 0 radical (unpaired) electrons. The number of hydrogen-bond donors (Lipinski definition) is 1. The van der Waals surface area contributed by atoms with Crippen LogP contribution in [0.4, 0.5) is 0 Å². The second-order valence-corrected chi connectivity index (χ2v) is 1.40. The molecule has 0 bridgehead atoms. The van der Waals surface area contributed by atoms with Gasteiger partial charge in [-0.25, -0.2) is 0 Å². The fourth-order valence-electron chi connectivity index (χ4n) is 0.294. The van der Waals surface area contributed by atoms with Gasteiger partial charge in [-0.3, -0.25) is 4.79 Å². The third kappa shape index (κ3) is 9.33. The topological polar surface area (TPSA) is 37.3 Å². The first kappa shape index (κ1) is 10.8. The smallest absolute Gasteiger partial charge is 0.155 e. The summed E-state index contributed by atoms with van der Waals surface area (Å²) in [4.78, 5) is 10.0. The first-order chi connectivity index (χ1) is 3.13. The van der Waals surface area contributed by atoms with Crippen LogP contribution < -0.4 is 0 Å². The average Bonchev–Trinajstić information content (AvgIpc) is 1.27. The number of carbonyl (C=O) groups excluding carboxylic acids is 1. The van der Waals surface area contributed by atoms with Crippen molar-refractivity contribution in [3.63, 3.8) is 0 Å². The quantitative estimate of drug-likeness (QED) is 0.342. The zero-order chi connectivity index (χ0) is 5.86. The van der Waals surface area contributed by atoms with Crippen LogP contribution in [0, 0.1) is 0 Å². The van der Waals surface area contributed by atoms with Gasteiger partial charge >= 0.3 is 0 Å². The van der Waals surface area contributed by atoms with E-state index >= 15 is 0 Å². The molecule has 0 rings (SSSR count). The third-order valence-electron chi connectivity index (χ3n) is 0.412. The van der Waals surface area contributed by atoms with E-state index in [0.29, 0.717) is 0 Å². The minimum Gasteiger partial charge on any atom is -0.512 e. The molecule has 0 fully saturated rings. The Bertz CT molecular complexity index is 103. The second kappa shape index (κ2) is 5.07. The Morgan fingerprint density at radius 2 is 1.88 bits per heavy atom. The number of rotatable bonds is 1. The fourth-order valence-corrected chi connectivity index (χ4v) is 0.294. The van der Waals surface area contributed by atoms with Crippen molar-refractivity contribution in [1.82, 2.24) is 0 Å². The van der Waals surface area contributed by atoms with Gasteiger partial charge in [0, 0.05) is 27.8 Å². The molecular weight excluding hydrogens is 140 g/mol. The monoisotopic (exact) mass is 148 g/mol. The Kier molecular flexibility index (Phi) is 6.86. The molecule has 0 aromatic carbocycles. The normalized spacial score (nSPS) is 10.0. The van der Waals surface area contributed by atoms with Crippen LogP contribution in [0.3, 0.4) is 0 Å². The third-order valence-corrected chi connectivity index (χ3v) is 0.412. The molecule has 0 saturated heterocycles. The van der Waals surface area contributed by atoms with Crippen molar-refractivity contribution < 1.29 is 31.6 Å². The zero-order valence-electron chi connectivity index (χ0n) is 4.93. The molecule has 0 atom stereocenters. The predicted octanol–water partition coefficient (Wildman–Crippen LogP) is 1.03. The van der Waals surface area contributed by atoms with E-state index in [1.54, 1.807) is 0 Å². The summed E-state index contributed by atoms with van der Waals surface area (Å²) in [5, 5.41) is 8.36. The van der Waals surface area contributed by atoms with Gasteiger partial charge in [0.2, 0.25) is 0 Å². The first-order valence-corrected chi connectivity index (χ1v) is 2.01. The van der Waals surface area contributed by atoms with E-state index in [2.05, 4.69) is 0 Å². The predicted molar refractivity (Wildman–Crippen MR) is 27.1 cm³/mol.